The Hall–Kier alpha value is -3.33. The lowest BCUT2D eigenvalue weighted by atomic mass is 10.0. The van der Waals surface area contributed by atoms with Gasteiger partial charge in [-0.3, -0.25) is 14.6 Å². The van der Waals surface area contributed by atoms with Gasteiger partial charge in [0.25, 0.3) is 5.91 Å². The molecule has 1 aliphatic rings. The standard InChI is InChI=1S/C25H32FN3O5/c1-6-15(2)16(3)27-17(4)24(31)28-21-11-12-29(14-22(21)34-5)23(30)10-9-18-7-8-19(25(32)33)13-20(18)26/h7-10,13,21-22H,6,11-12,14H2,1-5H3,(H,28,31)(H,32,33)/b10-9+,16-15+,27-17+/t21-,22+/m1/s1. The molecular weight excluding hydrogens is 441 g/mol. The fraction of sp³-hybridized carbons (Fsp3) is 0.440. The van der Waals surface area contributed by atoms with E-state index >= 15 is 0 Å². The van der Waals surface area contributed by atoms with E-state index in [4.69, 9.17) is 9.84 Å². The molecule has 1 fully saturated rings. The summed E-state index contributed by atoms with van der Waals surface area (Å²) in [5.74, 6) is -2.57. The van der Waals surface area contributed by atoms with E-state index in [1.807, 2.05) is 20.8 Å². The molecule has 184 valence electrons. The maximum Gasteiger partial charge on any atom is 0.335 e. The molecule has 0 bridgehead atoms. The summed E-state index contributed by atoms with van der Waals surface area (Å²) >= 11 is 0. The first kappa shape index (κ1) is 26.9. The first-order chi connectivity index (χ1) is 16.1. The van der Waals surface area contributed by atoms with Crippen molar-refractivity contribution in [3.05, 3.63) is 52.5 Å². The Morgan fingerprint density at radius 1 is 1.29 bits per heavy atom. The van der Waals surface area contributed by atoms with Gasteiger partial charge in [0.15, 0.2) is 0 Å². The van der Waals surface area contributed by atoms with Gasteiger partial charge in [0.2, 0.25) is 5.91 Å². The molecule has 34 heavy (non-hydrogen) atoms. The predicted molar refractivity (Wildman–Crippen MR) is 128 cm³/mol. The van der Waals surface area contributed by atoms with E-state index in [2.05, 4.69) is 10.3 Å². The van der Waals surface area contributed by atoms with E-state index < -0.39 is 17.9 Å². The number of allylic oxidation sites excluding steroid dienone is 2. The van der Waals surface area contributed by atoms with Gasteiger partial charge in [0, 0.05) is 37.5 Å². The van der Waals surface area contributed by atoms with Crippen molar-refractivity contribution in [2.24, 2.45) is 4.99 Å². The number of nitrogens with one attached hydrogen (secondary N) is 1. The van der Waals surface area contributed by atoms with Crippen LogP contribution in [0, 0.1) is 5.82 Å². The third-order valence-electron chi connectivity index (χ3n) is 5.95. The lowest BCUT2D eigenvalue weighted by molar-refractivity contribution is -0.130. The number of methoxy groups -OCH3 is 1. The summed E-state index contributed by atoms with van der Waals surface area (Å²) < 4.78 is 19.6. The molecule has 0 radical (unpaired) electrons. The zero-order valence-corrected chi connectivity index (χ0v) is 20.2. The summed E-state index contributed by atoms with van der Waals surface area (Å²) in [5.41, 5.74) is 2.23. The van der Waals surface area contributed by atoms with Crippen LogP contribution in [-0.2, 0) is 14.3 Å². The quantitative estimate of drug-likeness (QED) is 0.444. The van der Waals surface area contributed by atoms with Gasteiger partial charge < -0.3 is 20.1 Å². The molecule has 2 rings (SSSR count). The number of halogens is 1. The van der Waals surface area contributed by atoms with Gasteiger partial charge in [0.05, 0.1) is 17.7 Å². The van der Waals surface area contributed by atoms with E-state index in [1.165, 1.54) is 31.4 Å². The van der Waals surface area contributed by atoms with Gasteiger partial charge in [0.1, 0.15) is 11.5 Å². The monoisotopic (exact) mass is 473 g/mol. The molecule has 1 aromatic carbocycles. The smallest absolute Gasteiger partial charge is 0.335 e. The maximum absolute atomic E-state index is 14.1. The molecule has 2 N–H and O–H groups in total. The average Bonchev–Trinajstić information content (AvgIpc) is 2.82. The molecule has 1 saturated heterocycles. The van der Waals surface area contributed by atoms with Crippen molar-refractivity contribution in [1.82, 2.24) is 10.2 Å². The molecule has 1 aromatic rings. The summed E-state index contributed by atoms with van der Waals surface area (Å²) in [5, 5.41) is 11.9. The number of piperidine rings is 1. The first-order valence-corrected chi connectivity index (χ1v) is 11.1. The minimum Gasteiger partial charge on any atom is -0.478 e. The van der Waals surface area contributed by atoms with Crippen molar-refractivity contribution in [3.63, 3.8) is 0 Å². The molecule has 0 unspecified atom stereocenters. The van der Waals surface area contributed by atoms with E-state index in [1.54, 1.807) is 11.8 Å². The molecule has 9 heteroatoms. The number of benzene rings is 1. The van der Waals surface area contributed by atoms with E-state index in [9.17, 15) is 18.8 Å². The van der Waals surface area contributed by atoms with Gasteiger partial charge in [-0.25, -0.2) is 9.18 Å². The Bertz CT molecular complexity index is 1030. The Labute approximate surface area is 199 Å². The maximum atomic E-state index is 14.1. The molecule has 0 saturated carbocycles. The summed E-state index contributed by atoms with van der Waals surface area (Å²) in [4.78, 5) is 42.1. The van der Waals surface area contributed by atoms with E-state index in [0.29, 0.717) is 18.7 Å². The number of carbonyl (C=O) groups excluding carboxylic acids is 2. The first-order valence-electron chi connectivity index (χ1n) is 11.1. The number of nitrogens with zero attached hydrogens (tertiary/aromatic N) is 2. The number of carbonyl (C=O) groups is 3. The minimum atomic E-state index is -1.23. The number of aliphatic imine (C=N–C) groups is 1. The summed E-state index contributed by atoms with van der Waals surface area (Å²) in [6, 6.07) is 3.21. The van der Waals surface area contributed by atoms with Crippen LogP contribution < -0.4 is 5.32 Å². The summed E-state index contributed by atoms with van der Waals surface area (Å²) in [7, 11) is 1.52. The van der Waals surface area contributed by atoms with Gasteiger partial charge >= 0.3 is 5.97 Å². The molecule has 1 aliphatic heterocycles. The molecule has 0 aliphatic carbocycles. The fourth-order valence-electron chi connectivity index (χ4n) is 3.51. The van der Waals surface area contributed by atoms with E-state index in [0.717, 1.165) is 23.8 Å². The SMILES string of the molecule is CC/C(C)=C(C)/N=C(\C)C(=O)N[C@@H]1CCN(C(=O)/C=C/c2ccc(C(=O)O)cc2F)C[C@@H]1OC. The van der Waals surface area contributed by atoms with Crippen LogP contribution in [-0.4, -0.2) is 65.8 Å². The number of amides is 2. The number of likely N-dealkylation sites (tertiary alicyclic amines) is 1. The highest BCUT2D eigenvalue weighted by Gasteiger charge is 2.32. The minimum absolute atomic E-state index is 0.112. The second-order valence-electron chi connectivity index (χ2n) is 8.22. The largest absolute Gasteiger partial charge is 0.478 e. The van der Waals surface area contributed by atoms with Crippen LogP contribution in [0.15, 0.2) is 40.5 Å². The number of ether oxygens (including phenoxy) is 1. The lowest BCUT2D eigenvalue weighted by Gasteiger charge is -2.37. The molecule has 1 heterocycles. The van der Waals surface area contributed by atoms with Crippen LogP contribution in [0.1, 0.15) is 56.5 Å². The van der Waals surface area contributed by atoms with E-state index in [-0.39, 0.29) is 35.5 Å². The van der Waals surface area contributed by atoms with Crippen molar-refractivity contribution in [2.45, 2.75) is 52.7 Å². The van der Waals surface area contributed by atoms with Crippen molar-refractivity contribution in [1.29, 1.82) is 0 Å². The van der Waals surface area contributed by atoms with Crippen molar-refractivity contribution >= 4 is 29.6 Å². The van der Waals surface area contributed by atoms with Gasteiger partial charge in [-0.05, 0) is 51.8 Å². The molecule has 2 atom stereocenters. The highest BCUT2D eigenvalue weighted by atomic mass is 19.1. The van der Waals surface area contributed by atoms with Crippen molar-refractivity contribution < 1.29 is 28.6 Å². The Balaban J connectivity index is 2.01. The van der Waals surface area contributed by atoms with Gasteiger partial charge in [-0.2, -0.15) is 0 Å². The Kier molecular flexibility index (Phi) is 9.68. The zero-order chi connectivity index (χ0) is 25.4. The number of aromatic carboxylic acids is 1. The van der Waals surface area contributed by atoms with Crippen LogP contribution in [0.2, 0.25) is 0 Å². The number of hydrogen-bond acceptors (Lipinski definition) is 5. The zero-order valence-electron chi connectivity index (χ0n) is 20.2. The predicted octanol–water partition coefficient (Wildman–Crippen LogP) is 3.43. The van der Waals surface area contributed by atoms with Crippen LogP contribution in [0.3, 0.4) is 0 Å². The van der Waals surface area contributed by atoms with Gasteiger partial charge in [-0.1, -0.05) is 18.6 Å². The summed E-state index contributed by atoms with van der Waals surface area (Å²) in [6.45, 7) is 8.19. The van der Waals surface area contributed by atoms with Crippen LogP contribution >= 0.6 is 0 Å². The van der Waals surface area contributed by atoms with Crippen LogP contribution in [0.25, 0.3) is 6.08 Å². The van der Waals surface area contributed by atoms with Crippen LogP contribution in [0.5, 0.6) is 0 Å². The third-order valence-corrected chi connectivity index (χ3v) is 5.95. The third kappa shape index (κ3) is 7.08. The molecule has 8 nitrogen and oxygen atoms in total. The number of carboxylic acids is 1. The van der Waals surface area contributed by atoms with Crippen molar-refractivity contribution in [2.75, 3.05) is 20.2 Å². The highest BCUT2D eigenvalue weighted by Crippen LogP contribution is 2.17. The number of carboxylic acid groups (broad SMARTS) is 1. The fourth-order valence-corrected chi connectivity index (χ4v) is 3.51. The van der Waals surface area contributed by atoms with Crippen LogP contribution in [0.4, 0.5) is 4.39 Å². The Morgan fingerprint density at radius 3 is 2.59 bits per heavy atom. The van der Waals surface area contributed by atoms with Crippen molar-refractivity contribution in [3.8, 4) is 0 Å². The molecule has 0 aromatic heterocycles. The van der Waals surface area contributed by atoms with Gasteiger partial charge in [-0.15, -0.1) is 0 Å². The average molecular weight is 474 g/mol. The lowest BCUT2D eigenvalue weighted by Crippen LogP contribution is -2.56. The molecule has 2 amide bonds. The Morgan fingerprint density at radius 2 is 2.00 bits per heavy atom. The normalized spacial score (nSPS) is 19.7. The second-order valence-corrected chi connectivity index (χ2v) is 8.22. The second kappa shape index (κ2) is 12.2. The molecular formula is C25H32FN3O5. The molecule has 0 spiro atoms. The summed E-state index contributed by atoms with van der Waals surface area (Å²) in [6.07, 6.45) is 3.49. The topological polar surface area (TPSA) is 108 Å². The number of hydrogen-bond donors (Lipinski definition) is 2. The number of rotatable bonds is 8. The highest BCUT2D eigenvalue weighted by molar-refractivity contribution is 6.38.